The molecular weight excluding hydrogens is 291 g/mol. The molecule has 106 valence electrons. The molecule has 0 saturated carbocycles. The summed E-state index contributed by atoms with van der Waals surface area (Å²) < 4.78 is 40.3. The van der Waals surface area contributed by atoms with E-state index in [-0.39, 0.29) is 9.92 Å². The third-order valence-electron chi connectivity index (χ3n) is 3.19. The molecule has 2 rings (SSSR count). The molecule has 0 unspecified atom stereocenters. The Morgan fingerprint density at radius 1 is 1.42 bits per heavy atom. The molecule has 1 aromatic carbocycles. The third kappa shape index (κ3) is 2.76. The van der Waals surface area contributed by atoms with Crippen molar-refractivity contribution in [3.63, 3.8) is 0 Å². The Bertz CT molecular complexity index is 589. The van der Waals surface area contributed by atoms with E-state index in [1.807, 2.05) is 13.8 Å². The molecule has 1 aliphatic rings. The van der Waals surface area contributed by atoms with Gasteiger partial charge in [-0.1, -0.05) is 11.6 Å². The van der Waals surface area contributed by atoms with Crippen molar-refractivity contribution in [2.24, 2.45) is 0 Å². The monoisotopic (exact) mass is 306 g/mol. The predicted molar refractivity (Wildman–Crippen MR) is 72.3 cm³/mol. The molecule has 1 saturated heterocycles. The molecule has 0 aromatic heterocycles. The molecule has 0 bridgehead atoms. The standard InChI is InChI=1S/C12H16ClFN2O2S/c1-12(2)8-15-5-6-16(12)19(17,18)11-4-3-9(13)7-10(11)14/h3-4,7,15H,5-6,8H2,1-2H3. The lowest BCUT2D eigenvalue weighted by Crippen LogP contribution is -2.59. The van der Waals surface area contributed by atoms with Gasteiger partial charge in [0.05, 0.1) is 0 Å². The van der Waals surface area contributed by atoms with Crippen LogP contribution >= 0.6 is 11.6 Å². The maximum Gasteiger partial charge on any atom is 0.246 e. The molecule has 0 amide bonds. The summed E-state index contributed by atoms with van der Waals surface area (Å²) in [6, 6.07) is 3.61. The number of nitrogens with zero attached hydrogens (tertiary/aromatic N) is 1. The highest BCUT2D eigenvalue weighted by Crippen LogP contribution is 2.28. The first-order valence-electron chi connectivity index (χ1n) is 5.94. The number of benzene rings is 1. The van der Waals surface area contributed by atoms with Crippen molar-refractivity contribution in [3.8, 4) is 0 Å². The van der Waals surface area contributed by atoms with Gasteiger partial charge in [-0.25, -0.2) is 12.8 Å². The van der Waals surface area contributed by atoms with Crippen LogP contribution in [0.25, 0.3) is 0 Å². The molecule has 1 heterocycles. The van der Waals surface area contributed by atoms with E-state index in [9.17, 15) is 12.8 Å². The second-order valence-electron chi connectivity index (χ2n) is 5.14. The maximum atomic E-state index is 13.8. The highest BCUT2D eigenvalue weighted by molar-refractivity contribution is 7.89. The van der Waals surface area contributed by atoms with Crippen molar-refractivity contribution < 1.29 is 12.8 Å². The summed E-state index contributed by atoms with van der Waals surface area (Å²) in [4.78, 5) is -0.327. The van der Waals surface area contributed by atoms with Gasteiger partial charge in [-0.05, 0) is 32.0 Å². The molecule has 0 atom stereocenters. The SMILES string of the molecule is CC1(C)CNCCN1S(=O)(=O)c1ccc(Cl)cc1F. The number of hydrogen-bond donors (Lipinski definition) is 1. The van der Waals surface area contributed by atoms with Gasteiger partial charge in [0.15, 0.2) is 0 Å². The van der Waals surface area contributed by atoms with Crippen LogP contribution in [-0.2, 0) is 10.0 Å². The molecule has 7 heteroatoms. The van der Waals surface area contributed by atoms with E-state index in [1.54, 1.807) is 0 Å². The number of piperazine rings is 1. The van der Waals surface area contributed by atoms with Gasteiger partial charge in [0.1, 0.15) is 10.7 Å². The van der Waals surface area contributed by atoms with Gasteiger partial charge in [0.25, 0.3) is 0 Å². The van der Waals surface area contributed by atoms with Crippen molar-refractivity contribution in [1.82, 2.24) is 9.62 Å². The topological polar surface area (TPSA) is 49.4 Å². The number of halogens is 2. The van der Waals surface area contributed by atoms with Crippen LogP contribution in [0.3, 0.4) is 0 Å². The minimum Gasteiger partial charge on any atom is -0.314 e. The summed E-state index contributed by atoms with van der Waals surface area (Å²) in [6.07, 6.45) is 0. The van der Waals surface area contributed by atoms with Crippen LogP contribution in [0.4, 0.5) is 4.39 Å². The van der Waals surface area contributed by atoms with Gasteiger partial charge in [0, 0.05) is 30.2 Å². The summed E-state index contributed by atoms with van der Waals surface area (Å²) in [6.45, 7) is 5.02. The van der Waals surface area contributed by atoms with Crippen molar-refractivity contribution in [3.05, 3.63) is 29.0 Å². The Hall–Kier alpha value is -0.690. The van der Waals surface area contributed by atoms with Gasteiger partial charge in [-0.15, -0.1) is 0 Å². The Labute approximate surface area is 117 Å². The quantitative estimate of drug-likeness (QED) is 0.907. The van der Waals surface area contributed by atoms with Gasteiger partial charge < -0.3 is 5.32 Å². The Morgan fingerprint density at radius 2 is 2.11 bits per heavy atom. The van der Waals surface area contributed by atoms with E-state index in [1.165, 1.54) is 16.4 Å². The summed E-state index contributed by atoms with van der Waals surface area (Å²) in [5.41, 5.74) is -0.594. The molecule has 1 N–H and O–H groups in total. The van der Waals surface area contributed by atoms with Gasteiger partial charge in [-0.3, -0.25) is 0 Å². The minimum atomic E-state index is -3.86. The molecule has 0 spiro atoms. The fraction of sp³-hybridized carbons (Fsp3) is 0.500. The molecule has 0 aliphatic carbocycles. The average Bonchev–Trinajstić information content (AvgIpc) is 2.27. The van der Waals surface area contributed by atoms with E-state index in [2.05, 4.69) is 5.32 Å². The van der Waals surface area contributed by atoms with Crippen LogP contribution in [0.2, 0.25) is 5.02 Å². The van der Waals surface area contributed by atoms with E-state index in [0.717, 1.165) is 6.07 Å². The summed E-state index contributed by atoms with van der Waals surface area (Å²) in [5, 5.41) is 3.31. The van der Waals surface area contributed by atoms with E-state index >= 15 is 0 Å². The number of sulfonamides is 1. The van der Waals surface area contributed by atoms with E-state index in [4.69, 9.17) is 11.6 Å². The minimum absolute atomic E-state index is 0.177. The Kier molecular flexibility index (Phi) is 3.88. The largest absolute Gasteiger partial charge is 0.314 e. The first kappa shape index (κ1) is 14.7. The predicted octanol–water partition coefficient (Wildman–Crippen LogP) is 1.85. The summed E-state index contributed by atoms with van der Waals surface area (Å²) in [7, 11) is -3.86. The van der Waals surface area contributed by atoms with Crippen LogP contribution in [0, 0.1) is 5.82 Å². The van der Waals surface area contributed by atoms with Gasteiger partial charge >= 0.3 is 0 Å². The zero-order chi connectivity index (χ0) is 14.3. The van der Waals surface area contributed by atoms with Crippen LogP contribution in [0.15, 0.2) is 23.1 Å². The lowest BCUT2D eigenvalue weighted by molar-refractivity contribution is 0.185. The van der Waals surface area contributed by atoms with Gasteiger partial charge in [-0.2, -0.15) is 4.31 Å². The lowest BCUT2D eigenvalue weighted by Gasteiger charge is -2.41. The Balaban J connectivity index is 2.47. The highest BCUT2D eigenvalue weighted by Gasteiger charge is 2.40. The van der Waals surface area contributed by atoms with Crippen molar-refractivity contribution in [2.45, 2.75) is 24.3 Å². The van der Waals surface area contributed by atoms with Crippen LogP contribution in [0.5, 0.6) is 0 Å². The average molecular weight is 307 g/mol. The molecule has 4 nitrogen and oxygen atoms in total. The Morgan fingerprint density at radius 3 is 2.68 bits per heavy atom. The third-order valence-corrected chi connectivity index (χ3v) is 5.57. The lowest BCUT2D eigenvalue weighted by atomic mass is 10.0. The highest BCUT2D eigenvalue weighted by atomic mass is 35.5. The van der Waals surface area contributed by atoms with Crippen LogP contribution < -0.4 is 5.32 Å². The summed E-state index contributed by atoms with van der Waals surface area (Å²) in [5.74, 6) is -0.818. The van der Waals surface area contributed by atoms with Gasteiger partial charge in [0.2, 0.25) is 10.0 Å². The molecule has 1 fully saturated rings. The smallest absolute Gasteiger partial charge is 0.246 e. The zero-order valence-electron chi connectivity index (χ0n) is 10.8. The number of rotatable bonds is 2. The number of hydrogen-bond acceptors (Lipinski definition) is 3. The van der Waals surface area contributed by atoms with Crippen LogP contribution in [0.1, 0.15) is 13.8 Å². The van der Waals surface area contributed by atoms with Crippen LogP contribution in [-0.4, -0.2) is 37.9 Å². The first-order chi connectivity index (χ1) is 8.75. The normalized spacial score (nSPS) is 20.4. The van der Waals surface area contributed by atoms with Crippen molar-refractivity contribution in [2.75, 3.05) is 19.6 Å². The number of nitrogens with one attached hydrogen (secondary N) is 1. The van der Waals surface area contributed by atoms with E-state index < -0.39 is 21.4 Å². The van der Waals surface area contributed by atoms with Crippen molar-refractivity contribution >= 4 is 21.6 Å². The molecular formula is C12H16ClFN2O2S. The maximum absolute atomic E-state index is 13.8. The second-order valence-corrected chi connectivity index (χ2v) is 7.41. The zero-order valence-corrected chi connectivity index (χ0v) is 12.4. The molecule has 0 radical (unpaired) electrons. The fourth-order valence-corrected chi connectivity index (χ4v) is 4.20. The second kappa shape index (κ2) is 5.01. The molecule has 19 heavy (non-hydrogen) atoms. The molecule has 1 aliphatic heterocycles. The molecule has 1 aromatic rings. The first-order valence-corrected chi connectivity index (χ1v) is 7.75. The summed E-state index contributed by atoms with van der Waals surface area (Å²) >= 11 is 5.65. The van der Waals surface area contributed by atoms with E-state index in [0.29, 0.717) is 19.6 Å². The fourth-order valence-electron chi connectivity index (χ4n) is 2.21. The van der Waals surface area contributed by atoms with Crippen molar-refractivity contribution in [1.29, 1.82) is 0 Å².